The van der Waals surface area contributed by atoms with Crippen LogP contribution in [0.2, 0.25) is 0 Å². The summed E-state index contributed by atoms with van der Waals surface area (Å²) in [6, 6.07) is 37.3. The molecule has 0 aliphatic heterocycles. The fourth-order valence-electron chi connectivity index (χ4n) is 5.80. The summed E-state index contributed by atoms with van der Waals surface area (Å²) in [5, 5.41) is 4.07. The van der Waals surface area contributed by atoms with Gasteiger partial charge in [-0.15, -0.1) is 0 Å². The maximum atomic E-state index is 12.7. The van der Waals surface area contributed by atoms with Gasteiger partial charge in [-0.1, -0.05) is 97.1 Å². The molecule has 0 fully saturated rings. The van der Waals surface area contributed by atoms with Gasteiger partial charge in [0.25, 0.3) is 0 Å². The molecule has 3 aliphatic carbocycles. The lowest BCUT2D eigenvalue weighted by atomic mass is 9.59. The monoisotopic (exact) mass is 448 g/mol. The van der Waals surface area contributed by atoms with Crippen molar-refractivity contribution in [2.75, 3.05) is 7.11 Å². The molecule has 3 atom stereocenters. The number of hydrogen-bond donors (Lipinski definition) is 0. The Labute approximate surface area is 196 Å². The highest BCUT2D eigenvalue weighted by Gasteiger charge is 2.46. The van der Waals surface area contributed by atoms with E-state index in [4.69, 9.17) is 4.74 Å². The van der Waals surface area contributed by atoms with Crippen LogP contribution in [0.5, 0.6) is 0 Å². The van der Waals surface area contributed by atoms with Crippen LogP contribution in [0.3, 0.4) is 0 Å². The SMILES string of the molecule is COC(=O)[C@@H]1CC2c3ccccc3C1c1ccc(P(c3ccccc3)c3ccccc3)cc12. The van der Waals surface area contributed by atoms with Crippen molar-refractivity contribution in [2.24, 2.45) is 5.92 Å². The quantitative estimate of drug-likeness (QED) is 0.316. The first-order chi connectivity index (χ1) is 16.3. The van der Waals surface area contributed by atoms with Crippen molar-refractivity contribution in [3.63, 3.8) is 0 Å². The van der Waals surface area contributed by atoms with Gasteiger partial charge < -0.3 is 4.74 Å². The van der Waals surface area contributed by atoms with E-state index in [1.807, 2.05) is 0 Å². The number of rotatable bonds is 4. The summed E-state index contributed by atoms with van der Waals surface area (Å²) in [7, 11) is 0.851. The van der Waals surface area contributed by atoms with E-state index in [0.717, 1.165) is 6.42 Å². The molecule has 3 heteroatoms. The number of carbonyl (C=O) groups excluding carboxylic acids is 1. The number of carbonyl (C=O) groups is 1. The van der Waals surface area contributed by atoms with E-state index in [2.05, 4.69) is 103 Å². The molecule has 0 saturated carbocycles. The molecule has 2 bridgehead atoms. The number of ether oxygens (including phenoxy) is 1. The lowest BCUT2D eigenvalue weighted by Gasteiger charge is -2.44. The predicted molar refractivity (Wildman–Crippen MR) is 135 cm³/mol. The van der Waals surface area contributed by atoms with Gasteiger partial charge in [0.05, 0.1) is 13.0 Å². The molecule has 3 aliphatic rings. The van der Waals surface area contributed by atoms with Crippen molar-refractivity contribution >= 4 is 29.8 Å². The molecule has 0 heterocycles. The zero-order valence-corrected chi connectivity index (χ0v) is 19.4. The first-order valence-electron chi connectivity index (χ1n) is 11.5. The summed E-state index contributed by atoms with van der Waals surface area (Å²) in [6.07, 6.45) is 0.819. The first-order valence-corrected chi connectivity index (χ1v) is 12.8. The van der Waals surface area contributed by atoms with Crippen LogP contribution >= 0.6 is 7.92 Å². The molecule has 4 aromatic rings. The van der Waals surface area contributed by atoms with Crippen molar-refractivity contribution in [1.82, 2.24) is 0 Å². The highest BCUT2D eigenvalue weighted by molar-refractivity contribution is 7.79. The second kappa shape index (κ2) is 8.28. The van der Waals surface area contributed by atoms with Crippen molar-refractivity contribution in [2.45, 2.75) is 18.3 Å². The normalized spacial score (nSPS) is 20.2. The molecule has 4 aromatic carbocycles. The maximum Gasteiger partial charge on any atom is 0.309 e. The van der Waals surface area contributed by atoms with Gasteiger partial charge in [0, 0.05) is 11.8 Å². The summed E-state index contributed by atoms with van der Waals surface area (Å²) >= 11 is 0. The van der Waals surface area contributed by atoms with Gasteiger partial charge in [-0.2, -0.15) is 0 Å². The number of fused-ring (bicyclic) bond motifs is 1. The Kier molecular flexibility index (Phi) is 5.12. The minimum Gasteiger partial charge on any atom is -0.469 e. The summed E-state index contributed by atoms with van der Waals surface area (Å²) < 4.78 is 5.21. The molecule has 2 unspecified atom stereocenters. The molecular weight excluding hydrogens is 423 g/mol. The van der Waals surface area contributed by atoms with Crippen molar-refractivity contribution in [1.29, 1.82) is 0 Å². The molecular formula is C30H25O2P. The number of hydrogen-bond acceptors (Lipinski definition) is 2. The molecule has 0 amide bonds. The highest BCUT2D eigenvalue weighted by Crippen LogP contribution is 2.55. The second-order valence-corrected chi connectivity index (χ2v) is 11.1. The largest absolute Gasteiger partial charge is 0.469 e. The Balaban J connectivity index is 1.51. The molecule has 33 heavy (non-hydrogen) atoms. The standard InChI is InChI=1S/C30H25O2P/c1-32-30(31)28-19-27-23-14-8-9-15-24(23)29(28)25-17-16-22(18-26(25)27)33(20-10-4-2-5-11-20)21-12-6-3-7-13-21/h2-18,27-29H,19H2,1H3/t27?,28-,29?/m1/s1. The van der Waals surface area contributed by atoms with E-state index in [1.54, 1.807) is 0 Å². The van der Waals surface area contributed by atoms with E-state index >= 15 is 0 Å². The zero-order valence-electron chi connectivity index (χ0n) is 18.5. The van der Waals surface area contributed by atoms with Gasteiger partial charge >= 0.3 is 5.97 Å². The number of benzene rings is 4. The van der Waals surface area contributed by atoms with E-state index < -0.39 is 7.92 Å². The smallest absolute Gasteiger partial charge is 0.309 e. The molecule has 2 nitrogen and oxygen atoms in total. The molecule has 0 saturated heterocycles. The summed E-state index contributed by atoms with van der Waals surface area (Å²) in [6.45, 7) is 0. The summed E-state index contributed by atoms with van der Waals surface area (Å²) in [4.78, 5) is 12.7. The Hall–Kier alpha value is -3.22. The van der Waals surface area contributed by atoms with Crippen LogP contribution in [0.25, 0.3) is 0 Å². The Morgan fingerprint density at radius 1 is 0.697 bits per heavy atom. The van der Waals surface area contributed by atoms with Crippen LogP contribution in [0.15, 0.2) is 103 Å². The summed E-state index contributed by atoms with van der Waals surface area (Å²) in [5.41, 5.74) is 5.34. The van der Waals surface area contributed by atoms with Gasteiger partial charge in [-0.25, -0.2) is 0 Å². The lowest BCUT2D eigenvalue weighted by molar-refractivity contribution is -0.146. The fraction of sp³-hybridized carbons (Fsp3) is 0.167. The number of esters is 1. The minimum absolute atomic E-state index is 0.0716. The third-order valence-electron chi connectivity index (χ3n) is 7.17. The van der Waals surface area contributed by atoms with Gasteiger partial charge in [-0.3, -0.25) is 4.79 Å². The van der Waals surface area contributed by atoms with Gasteiger partial charge in [0.15, 0.2) is 0 Å². The second-order valence-electron chi connectivity index (χ2n) is 8.84. The van der Waals surface area contributed by atoms with E-state index in [9.17, 15) is 4.79 Å². The van der Waals surface area contributed by atoms with E-state index in [-0.39, 0.29) is 23.7 Å². The van der Waals surface area contributed by atoms with Crippen LogP contribution < -0.4 is 15.9 Å². The maximum absolute atomic E-state index is 12.7. The molecule has 0 spiro atoms. The first kappa shape index (κ1) is 20.4. The Morgan fingerprint density at radius 3 is 1.91 bits per heavy atom. The lowest BCUT2D eigenvalue weighted by Crippen LogP contribution is -2.37. The average Bonchev–Trinajstić information content (AvgIpc) is 2.89. The Morgan fingerprint density at radius 2 is 1.27 bits per heavy atom. The van der Waals surface area contributed by atoms with Crippen LogP contribution in [0, 0.1) is 5.92 Å². The predicted octanol–water partition coefficient (Wildman–Crippen LogP) is 5.21. The third kappa shape index (κ3) is 3.33. The number of methoxy groups -OCH3 is 1. The van der Waals surface area contributed by atoms with Gasteiger partial charge in [-0.05, 0) is 58.6 Å². The topological polar surface area (TPSA) is 26.3 Å². The van der Waals surface area contributed by atoms with Crippen LogP contribution in [-0.2, 0) is 9.53 Å². The zero-order chi connectivity index (χ0) is 22.4. The molecule has 0 aromatic heterocycles. The Bertz CT molecular complexity index is 1280. The van der Waals surface area contributed by atoms with E-state index in [1.165, 1.54) is 45.3 Å². The van der Waals surface area contributed by atoms with Crippen LogP contribution in [0.4, 0.5) is 0 Å². The van der Waals surface area contributed by atoms with Crippen molar-refractivity contribution in [3.8, 4) is 0 Å². The van der Waals surface area contributed by atoms with E-state index in [0.29, 0.717) is 0 Å². The minimum atomic E-state index is -0.656. The molecule has 7 rings (SSSR count). The van der Waals surface area contributed by atoms with Crippen molar-refractivity contribution in [3.05, 3.63) is 125 Å². The van der Waals surface area contributed by atoms with Crippen LogP contribution in [-0.4, -0.2) is 13.1 Å². The molecule has 0 N–H and O–H groups in total. The molecule has 162 valence electrons. The van der Waals surface area contributed by atoms with Gasteiger partial charge in [0.2, 0.25) is 0 Å². The average molecular weight is 449 g/mol. The van der Waals surface area contributed by atoms with Crippen molar-refractivity contribution < 1.29 is 9.53 Å². The summed E-state index contributed by atoms with van der Waals surface area (Å²) in [5.74, 6) is 0.0964. The van der Waals surface area contributed by atoms with Gasteiger partial charge in [0.1, 0.15) is 0 Å². The third-order valence-corrected chi connectivity index (χ3v) is 9.59. The fourth-order valence-corrected chi connectivity index (χ4v) is 8.12. The van der Waals surface area contributed by atoms with Crippen LogP contribution in [0.1, 0.15) is 40.5 Å². The molecule has 0 radical (unpaired) electrons. The highest BCUT2D eigenvalue weighted by atomic mass is 31.1.